The van der Waals surface area contributed by atoms with E-state index in [9.17, 15) is 68.1 Å². The van der Waals surface area contributed by atoms with E-state index in [-0.39, 0.29) is 77.3 Å². The van der Waals surface area contributed by atoms with Crippen LogP contribution in [0.3, 0.4) is 0 Å². The van der Waals surface area contributed by atoms with E-state index >= 15 is 0 Å². The van der Waals surface area contributed by atoms with Crippen molar-refractivity contribution < 1.29 is 170 Å². The molecule has 4 rings (SSSR count). The molecule has 0 radical (unpaired) electrons. The van der Waals surface area contributed by atoms with Gasteiger partial charge < -0.3 is 84.0 Å². The summed E-state index contributed by atoms with van der Waals surface area (Å²) in [5.41, 5.74) is -10.9. The number of carboxylic acids is 1. The van der Waals surface area contributed by atoms with Crippen LogP contribution in [-0.2, 0) is 136 Å². The number of halogens is 6. The minimum Gasteiger partial charge on any atom is -0.748 e. The Labute approximate surface area is 807 Å². The molecule has 1 N–H and O–H groups in total. The molecule has 46 heteroatoms. The Morgan fingerprint density at radius 2 is 0.769 bits per heavy atom. The van der Waals surface area contributed by atoms with E-state index in [1.54, 1.807) is 41.7 Å². The first-order chi connectivity index (χ1) is 57.6. The predicted molar refractivity (Wildman–Crippen MR) is 517 cm³/mol. The third kappa shape index (κ3) is 51.9. The summed E-state index contributed by atoms with van der Waals surface area (Å²) in [6, 6.07) is 0.872. The second-order valence-corrected chi connectivity index (χ2v) is 86.1. The molecule has 0 aromatic carbocycles. The van der Waals surface area contributed by atoms with Gasteiger partial charge in [-0.25, -0.2) is 8.42 Å². The number of carboxylic acid groups (broad SMARTS) is 1. The van der Waals surface area contributed by atoms with Gasteiger partial charge in [0.2, 0.25) is 0 Å². The number of ether oxygens (including phenoxy) is 7. The average Bonchev–Trinajstić information content (AvgIpc) is 0.706. The van der Waals surface area contributed by atoms with Crippen LogP contribution in [0.25, 0.3) is 0 Å². The van der Waals surface area contributed by atoms with Crippen molar-refractivity contribution in [1.82, 2.24) is 0 Å². The van der Waals surface area contributed by atoms with Crippen LogP contribution in [-0.4, -0.2) is 224 Å². The van der Waals surface area contributed by atoms with E-state index in [2.05, 4.69) is 162 Å². The quantitative estimate of drug-likeness (QED) is 0.0148. The molecule has 27 nitrogen and oxygen atoms in total. The van der Waals surface area contributed by atoms with Gasteiger partial charge in [0, 0.05) is 13.5 Å². The Morgan fingerprint density at radius 3 is 1.09 bits per heavy atom. The molecule has 3 unspecified atom stereocenters. The minimum absolute atomic E-state index is 0. The fourth-order valence-corrected chi connectivity index (χ4v) is 72.1. The predicted octanol–water partition coefficient (Wildman–Crippen LogP) is 22.6. The Kier molecular flexibility index (Phi) is 55.0. The number of esters is 5. The van der Waals surface area contributed by atoms with Gasteiger partial charge in [0.15, 0.2) is 16.6 Å². The van der Waals surface area contributed by atoms with E-state index < -0.39 is 178 Å². The minimum atomic E-state index is -6.43. The number of rotatable bonds is 53. The van der Waals surface area contributed by atoms with Crippen LogP contribution in [0.1, 0.15) is 226 Å². The standard InChI is InChI=1S/C32H86O12Si11.C21H28F6O7S.C14H28O2.C11H22O4.C6H12O2.Ag/c1-27-32(2,3)31(33)34-29-28-30-46(7,8)36-48(11,12)38-50(15,16)40-52(19,20)42-54(23,24)44-55(25,26)43-53(21,22)41-51(17,18)39-49(13,14)37-47(9,10)35-45(4,5)6;1-4-16(2,3)14(28)33-18-8-12-5-13(9-18)7-17(6-12,10-18)15(29)34-19(20(22,23)24,21(25,26)27)11-35(30,31)32;1-4-6-7-8-9-10-11-12-16-14(15)13(3)5-2;1-5-11(2,3)10(12)15-9-8-14-7-6-13-4;1-4-6(2,3)5(7)8;/h27-30H2,1-26H3;12-13H,4-11H2,1-3H3,(H,30,31,32);13H,4-12H2,1-3H3;5-9H2,1-4H3;4H2,1-3H3,(H,7,8);/q;;;;;+1/p-1. The molecule has 0 aromatic heterocycles. The van der Waals surface area contributed by atoms with Gasteiger partial charge in [0.1, 0.15) is 12.2 Å². The van der Waals surface area contributed by atoms with Crippen LogP contribution in [0.15, 0.2) is 0 Å². The van der Waals surface area contributed by atoms with E-state index in [4.69, 9.17) is 74.7 Å². The maximum atomic E-state index is 13.7. The Balaban J connectivity index is -0.00000180. The first-order valence-electron chi connectivity index (χ1n) is 46.0. The van der Waals surface area contributed by atoms with Crippen LogP contribution in [0.5, 0.6) is 0 Å². The number of unbranched alkanes of at least 4 members (excludes halogenated alkanes) is 6. The van der Waals surface area contributed by atoms with Crippen LogP contribution < -0.4 is 0 Å². The third-order valence-corrected chi connectivity index (χ3v) is 64.5. The first-order valence-corrected chi connectivity index (χ1v) is 79.4. The summed E-state index contributed by atoms with van der Waals surface area (Å²) in [6.45, 7) is 79.2. The van der Waals surface area contributed by atoms with Gasteiger partial charge in [-0.05, 0) is 301 Å². The molecule has 776 valence electrons. The van der Waals surface area contributed by atoms with Crippen LogP contribution in [0.4, 0.5) is 26.3 Å². The van der Waals surface area contributed by atoms with Crippen molar-refractivity contribution in [3.8, 4) is 0 Å². The Hall–Kier alpha value is -1.04. The SMILES string of the molecule is CCC(C)(C)C(=O)O.CCC(C)(C)C(=O)OC12CC3CC(C1)CC(C(=O)OC(CS(=O)(=O)[O-])(C(F)(F)F)C(F)(F)F)(C3)C2.CCC(C)(C)C(=O)OCCC[Si](C)(C)O[Si](C)(C)O[Si](C)(C)O[Si](C)(C)O[Si](C)(C)O[Si](C)(C)O[Si](C)(C)O[Si](C)(C)O[Si](C)(C)O[Si](C)(C)O[Si](C)(C)C.CCC(C)(C)C(=O)OCCOCCOC.CCCCCCCCCOC(=O)C(C)CC.[Ag+]. The van der Waals surface area contributed by atoms with Crippen molar-refractivity contribution in [1.29, 1.82) is 0 Å². The molecule has 0 aromatic rings. The second kappa shape index (κ2) is 53.7. The van der Waals surface area contributed by atoms with Crippen molar-refractivity contribution in [3.63, 3.8) is 0 Å². The van der Waals surface area contributed by atoms with Gasteiger partial charge in [-0.1, -0.05) is 87.0 Å². The molecule has 130 heavy (non-hydrogen) atoms. The number of carbonyl (C=O) groups excluding carboxylic acids is 5. The number of carbonyl (C=O) groups is 6. The monoisotopic (exact) mass is 2180 g/mol. The van der Waals surface area contributed by atoms with Crippen LogP contribution >= 0.6 is 0 Å². The molecule has 4 fully saturated rings. The van der Waals surface area contributed by atoms with Crippen LogP contribution in [0.2, 0.25) is 157 Å². The summed E-state index contributed by atoms with van der Waals surface area (Å²) in [6.07, 6.45) is 0.861. The molecule has 0 heterocycles. The summed E-state index contributed by atoms with van der Waals surface area (Å²) in [5, 5.41) is 8.44. The Bertz CT molecular complexity index is 3520. The van der Waals surface area contributed by atoms with Gasteiger partial charge in [0.25, 0.3) is 0 Å². The average molecular weight is 2180 g/mol. The molecule has 3 atom stereocenters. The van der Waals surface area contributed by atoms with Crippen molar-refractivity contribution in [2.45, 2.75) is 406 Å². The molecular weight excluding hydrogens is 2000 g/mol. The number of hydrogen-bond donors (Lipinski definition) is 1. The van der Waals surface area contributed by atoms with Crippen molar-refractivity contribution in [2.75, 3.05) is 52.5 Å². The molecule has 0 spiro atoms. The Morgan fingerprint density at radius 1 is 0.438 bits per heavy atom. The van der Waals surface area contributed by atoms with Crippen molar-refractivity contribution >= 4 is 140 Å². The van der Waals surface area contributed by atoms with Crippen molar-refractivity contribution in [3.05, 3.63) is 0 Å². The smallest absolute Gasteiger partial charge is 0.748 e. The zero-order chi connectivity index (χ0) is 102. The van der Waals surface area contributed by atoms with Crippen molar-refractivity contribution in [2.24, 2.45) is 44.8 Å². The van der Waals surface area contributed by atoms with Gasteiger partial charge in [-0.2, -0.15) is 26.3 Å². The largest absolute Gasteiger partial charge is 1.00 e. The third-order valence-electron chi connectivity index (χ3n) is 22.1. The fourth-order valence-electron chi connectivity index (χ4n) is 15.8. The fraction of sp³-hybridized carbons (Fsp3) is 0.929. The second-order valence-electron chi connectivity index (χ2n) is 43.1. The van der Waals surface area contributed by atoms with Gasteiger partial charge in [-0.3, -0.25) is 28.8 Å². The topological polar surface area (TPSA) is 337 Å². The first kappa shape index (κ1) is 133. The molecule has 0 amide bonds. The van der Waals surface area contributed by atoms with E-state index in [1.807, 2.05) is 62.3 Å². The number of aliphatic carboxylic acids is 1. The zero-order valence-electron chi connectivity index (χ0n) is 86.9. The molecular formula is C84H175AgF6O27SSi11. The summed E-state index contributed by atoms with van der Waals surface area (Å²) < 4.78 is 218. The summed E-state index contributed by atoms with van der Waals surface area (Å²) in [4.78, 5) is 71.3. The van der Waals surface area contributed by atoms with Gasteiger partial charge in [0.05, 0.1) is 81.9 Å². The normalized spacial score (nSPS) is 18.5. The zero-order valence-corrected chi connectivity index (χ0v) is 100. The molecule has 0 saturated heterocycles. The van der Waals surface area contributed by atoms with Gasteiger partial charge in [-0.15, -0.1) is 0 Å². The molecule has 4 saturated carbocycles. The number of methoxy groups -OCH3 is 1. The number of hydrogen-bond acceptors (Lipinski definition) is 26. The summed E-state index contributed by atoms with van der Waals surface area (Å²) in [7, 11) is -32.1. The van der Waals surface area contributed by atoms with Gasteiger partial charge >= 0.3 is 153 Å². The molecule has 0 aliphatic heterocycles. The number of alkyl halides is 6. The van der Waals surface area contributed by atoms with E-state index in [1.165, 1.54) is 38.5 Å². The van der Waals surface area contributed by atoms with E-state index in [0.717, 1.165) is 38.1 Å². The molecule has 4 aliphatic carbocycles. The van der Waals surface area contributed by atoms with E-state index in [0.29, 0.717) is 71.7 Å². The molecule has 4 bridgehead atoms. The summed E-state index contributed by atoms with van der Waals surface area (Å²) in [5.74, 6) is -7.14. The molecule has 4 aliphatic rings. The maximum absolute atomic E-state index is 13.7. The summed E-state index contributed by atoms with van der Waals surface area (Å²) >= 11 is 0. The maximum Gasteiger partial charge on any atom is 1.00 e. The van der Waals surface area contributed by atoms with Crippen LogP contribution in [0, 0.1) is 44.8 Å².